The third kappa shape index (κ3) is 2.89. The lowest BCUT2D eigenvalue weighted by Crippen LogP contribution is -2.04. The number of nitrogens with one attached hydrogen (secondary N) is 1. The second kappa shape index (κ2) is 5.37. The summed E-state index contributed by atoms with van der Waals surface area (Å²) in [7, 11) is 0. The van der Waals surface area contributed by atoms with Gasteiger partial charge in [-0.05, 0) is 25.1 Å². The number of Topliss-reactive ketones (excluding diaryl/α,β-unsaturated/α-hetero) is 1. The molecule has 0 atom stereocenters. The van der Waals surface area contributed by atoms with Crippen LogP contribution in [-0.4, -0.2) is 15.8 Å². The van der Waals surface area contributed by atoms with Gasteiger partial charge in [0.2, 0.25) is 0 Å². The van der Waals surface area contributed by atoms with Gasteiger partial charge in [0.25, 0.3) is 0 Å². The molecule has 0 aliphatic heterocycles. The normalized spacial score (nSPS) is 10.1. The molecule has 0 radical (unpaired) electrons. The Morgan fingerprint density at radius 2 is 2.22 bits per heavy atom. The maximum Gasteiger partial charge on any atom is 0.159 e. The number of benzene rings is 1. The third-order valence-electron chi connectivity index (χ3n) is 2.43. The van der Waals surface area contributed by atoms with Gasteiger partial charge in [0.05, 0.1) is 6.54 Å². The van der Waals surface area contributed by atoms with E-state index in [0.29, 0.717) is 23.8 Å². The van der Waals surface area contributed by atoms with Gasteiger partial charge >= 0.3 is 0 Å². The van der Waals surface area contributed by atoms with Gasteiger partial charge in [0.15, 0.2) is 5.78 Å². The van der Waals surface area contributed by atoms with Crippen molar-refractivity contribution in [1.82, 2.24) is 9.97 Å². The van der Waals surface area contributed by atoms with Crippen molar-refractivity contribution < 1.29 is 4.79 Å². The predicted molar refractivity (Wildman–Crippen MR) is 69.7 cm³/mol. The van der Waals surface area contributed by atoms with Gasteiger partial charge in [-0.25, -0.2) is 9.97 Å². The van der Waals surface area contributed by atoms with E-state index < -0.39 is 0 Å². The molecular weight excluding hydrogens is 228 g/mol. The highest BCUT2D eigenvalue weighted by Gasteiger charge is 2.02. The molecule has 0 fully saturated rings. The summed E-state index contributed by atoms with van der Waals surface area (Å²) < 4.78 is 0. The van der Waals surface area contributed by atoms with Crippen LogP contribution in [0.25, 0.3) is 0 Å². The van der Waals surface area contributed by atoms with Crippen molar-refractivity contribution in [3.63, 3.8) is 0 Å². The first-order valence-electron chi connectivity index (χ1n) is 5.59. The molecule has 0 unspecified atom stereocenters. The molecule has 3 N–H and O–H groups in total. The molecular formula is C13H14N4O. The van der Waals surface area contributed by atoms with Crippen LogP contribution in [0.5, 0.6) is 0 Å². The quantitative estimate of drug-likeness (QED) is 0.800. The van der Waals surface area contributed by atoms with Crippen molar-refractivity contribution in [1.29, 1.82) is 0 Å². The molecule has 0 bridgehead atoms. The van der Waals surface area contributed by atoms with E-state index in [1.165, 1.54) is 6.92 Å². The minimum atomic E-state index is 0.0315. The zero-order chi connectivity index (χ0) is 13.0. The SMILES string of the molecule is CC(=O)c1cccc(Nc2ccnc(CN)n2)c1. The molecule has 1 aromatic carbocycles. The van der Waals surface area contributed by atoms with Crippen molar-refractivity contribution in [2.24, 2.45) is 5.73 Å². The molecule has 0 amide bonds. The first kappa shape index (κ1) is 12.2. The van der Waals surface area contributed by atoms with Gasteiger partial charge in [-0.3, -0.25) is 4.79 Å². The molecule has 5 heteroatoms. The van der Waals surface area contributed by atoms with Gasteiger partial charge in [-0.2, -0.15) is 0 Å². The fourth-order valence-corrected chi connectivity index (χ4v) is 1.53. The molecule has 1 aromatic heterocycles. The first-order chi connectivity index (χ1) is 8.69. The van der Waals surface area contributed by atoms with E-state index >= 15 is 0 Å². The average Bonchev–Trinajstić information content (AvgIpc) is 2.39. The topological polar surface area (TPSA) is 80.9 Å². The molecule has 0 saturated carbocycles. The van der Waals surface area contributed by atoms with E-state index in [-0.39, 0.29) is 5.78 Å². The number of hydrogen-bond acceptors (Lipinski definition) is 5. The van der Waals surface area contributed by atoms with Gasteiger partial charge in [-0.1, -0.05) is 12.1 Å². The fraction of sp³-hybridized carbons (Fsp3) is 0.154. The molecule has 0 aliphatic carbocycles. The summed E-state index contributed by atoms with van der Waals surface area (Å²) in [5.74, 6) is 1.26. The number of aromatic nitrogens is 2. The highest BCUT2D eigenvalue weighted by atomic mass is 16.1. The lowest BCUT2D eigenvalue weighted by atomic mass is 10.1. The highest BCUT2D eigenvalue weighted by Crippen LogP contribution is 2.16. The lowest BCUT2D eigenvalue weighted by molar-refractivity contribution is 0.101. The Morgan fingerprint density at radius 1 is 1.39 bits per heavy atom. The van der Waals surface area contributed by atoms with Crippen LogP contribution in [0, 0.1) is 0 Å². The number of carbonyl (C=O) groups excluding carboxylic acids is 1. The largest absolute Gasteiger partial charge is 0.340 e. The third-order valence-corrected chi connectivity index (χ3v) is 2.43. The predicted octanol–water partition coefficient (Wildman–Crippen LogP) is 1.88. The summed E-state index contributed by atoms with van der Waals surface area (Å²) >= 11 is 0. The molecule has 0 spiro atoms. The maximum absolute atomic E-state index is 11.3. The summed E-state index contributed by atoms with van der Waals surface area (Å²) in [6, 6.07) is 9.01. The summed E-state index contributed by atoms with van der Waals surface area (Å²) in [5.41, 5.74) is 6.95. The van der Waals surface area contributed by atoms with Crippen LogP contribution in [0.3, 0.4) is 0 Å². The Labute approximate surface area is 105 Å². The standard InChI is InChI=1S/C13H14N4O/c1-9(18)10-3-2-4-11(7-10)16-12-5-6-15-13(8-14)17-12/h2-7H,8,14H2,1H3,(H,15,16,17). The van der Waals surface area contributed by atoms with Crippen LogP contribution in [0.15, 0.2) is 36.5 Å². The number of ketones is 1. The molecule has 0 aliphatic rings. The molecule has 0 saturated heterocycles. The van der Waals surface area contributed by atoms with E-state index in [4.69, 9.17) is 5.73 Å². The Balaban J connectivity index is 2.22. The van der Waals surface area contributed by atoms with Gasteiger partial charge in [0.1, 0.15) is 11.6 Å². The van der Waals surface area contributed by atoms with E-state index in [0.717, 1.165) is 5.69 Å². The lowest BCUT2D eigenvalue weighted by Gasteiger charge is -2.07. The molecule has 18 heavy (non-hydrogen) atoms. The van der Waals surface area contributed by atoms with Crippen LogP contribution in [0.4, 0.5) is 11.5 Å². The zero-order valence-electron chi connectivity index (χ0n) is 10.1. The number of nitrogens with zero attached hydrogens (tertiary/aromatic N) is 2. The number of hydrogen-bond donors (Lipinski definition) is 2. The highest BCUT2D eigenvalue weighted by molar-refractivity contribution is 5.95. The molecule has 2 rings (SSSR count). The van der Waals surface area contributed by atoms with E-state index in [1.54, 1.807) is 24.4 Å². The molecule has 2 aromatic rings. The van der Waals surface area contributed by atoms with E-state index in [2.05, 4.69) is 15.3 Å². The molecule has 92 valence electrons. The van der Waals surface area contributed by atoms with Crippen LogP contribution in [0.1, 0.15) is 23.1 Å². The van der Waals surface area contributed by atoms with Crippen molar-refractivity contribution in [2.45, 2.75) is 13.5 Å². The summed E-state index contributed by atoms with van der Waals surface area (Å²) in [5, 5.41) is 3.12. The average molecular weight is 242 g/mol. The number of anilines is 2. The van der Waals surface area contributed by atoms with Crippen molar-refractivity contribution >= 4 is 17.3 Å². The van der Waals surface area contributed by atoms with E-state index in [1.807, 2.05) is 12.1 Å². The van der Waals surface area contributed by atoms with Gasteiger partial charge in [0, 0.05) is 17.4 Å². The molecule has 5 nitrogen and oxygen atoms in total. The van der Waals surface area contributed by atoms with Crippen LogP contribution in [0.2, 0.25) is 0 Å². The first-order valence-corrected chi connectivity index (χ1v) is 5.59. The second-order valence-corrected chi connectivity index (χ2v) is 3.82. The van der Waals surface area contributed by atoms with Crippen molar-refractivity contribution in [2.75, 3.05) is 5.32 Å². The van der Waals surface area contributed by atoms with E-state index in [9.17, 15) is 4.79 Å². The van der Waals surface area contributed by atoms with Crippen LogP contribution >= 0.6 is 0 Å². The summed E-state index contributed by atoms with van der Waals surface area (Å²) in [6.45, 7) is 1.83. The zero-order valence-corrected chi connectivity index (χ0v) is 10.1. The number of carbonyl (C=O) groups is 1. The number of nitrogens with two attached hydrogens (primary N) is 1. The smallest absolute Gasteiger partial charge is 0.159 e. The maximum atomic E-state index is 11.3. The fourth-order valence-electron chi connectivity index (χ4n) is 1.53. The molecule has 1 heterocycles. The minimum Gasteiger partial charge on any atom is -0.340 e. The number of rotatable bonds is 4. The summed E-state index contributed by atoms with van der Waals surface area (Å²) in [4.78, 5) is 19.5. The van der Waals surface area contributed by atoms with Crippen LogP contribution in [-0.2, 0) is 6.54 Å². The van der Waals surface area contributed by atoms with Crippen LogP contribution < -0.4 is 11.1 Å². The summed E-state index contributed by atoms with van der Waals surface area (Å²) in [6.07, 6.45) is 1.65. The monoisotopic (exact) mass is 242 g/mol. The van der Waals surface area contributed by atoms with Crippen molar-refractivity contribution in [3.8, 4) is 0 Å². The Bertz CT molecular complexity index is 568. The Kier molecular flexibility index (Phi) is 3.64. The van der Waals surface area contributed by atoms with Gasteiger partial charge < -0.3 is 11.1 Å². The van der Waals surface area contributed by atoms with Gasteiger partial charge in [-0.15, -0.1) is 0 Å². The Hall–Kier alpha value is -2.27. The van der Waals surface area contributed by atoms with Crippen molar-refractivity contribution in [3.05, 3.63) is 47.9 Å². The minimum absolute atomic E-state index is 0.0315. The Morgan fingerprint density at radius 3 is 2.94 bits per heavy atom. The second-order valence-electron chi connectivity index (χ2n) is 3.82.